The Morgan fingerprint density at radius 2 is 1.95 bits per heavy atom. The van der Waals surface area contributed by atoms with Crippen molar-refractivity contribution < 1.29 is 14.2 Å². The number of aliphatic hydroxyl groups is 1. The summed E-state index contributed by atoms with van der Waals surface area (Å²) in [5.41, 5.74) is 1.12. The first-order chi connectivity index (χ1) is 9.20. The molecular formula is C15H16FNO2. The Labute approximate surface area is 111 Å². The quantitative estimate of drug-likeness (QED) is 0.899. The highest BCUT2D eigenvalue weighted by Crippen LogP contribution is 2.22. The van der Waals surface area contributed by atoms with Crippen molar-refractivity contribution in [1.29, 1.82) is 0 Å². The number of aromatic nitrogens is 1. The van der Waals surface area contributed by atoms with E-state index in [2.05, 4.69) is 4.98 Å². The summed E-state index contributed by atoms with van der Waals surface area (Å²) in [5, 5.41) is 10.1. The van der Waals surface area contributed by atoms with Crippen LogP contribution in [-0.4, -0.2) is 16.7 Å². The summed E-state index contributed by atoms with van der Waals surface area (Å²) in [6.45, 7) is 2.71. The molecule has 2 rings (SSSR count). The van der Waals surface area contributed by atoms with Gasteiger partial charge in [-0.2, -0.15) is 0 Å². The summed E-state index contributed by atoms with van der Waals surface area (Å²) in [6.07, 6.45) is 1.18. The third-order valence-electron chi connectivity index (χ3n) is 2.70. The van der Waals surface area contributed by atoms with Crippen molar-refractivity contribution in [1.82, 2.24) is 4.98 Å². The van der Waals surface area contributed by atoms with Gasteiger partial charge in [-0.15, -0.1) is 0 Å². The lowest BCUT2D eigenvalue weighted by molar-refractivity contribution is 0.215. The molecule has 19 heavy (non-hydrogen) atoms. The lowest BCUT2D eigenvalue weighted by Crippen LogP contribution is -2.02. The Balaban J connectivity index is 2.10. The second-order valence-electron chi connectivity index (χ2n) is 4.22. The number of hydrogen-bond acceptors (Lipinski definition) is 3. The Morgan fingerprint density at radius 1 is 1.21 bits per heavy atom. The van der Waals surface area contributed by atoms with Crippen LogP contribution >= 0.6 is 0 Å². The summed E-state index contributed by atoms with van der Waals surface area (Å²) < 4.78 is 18.2. The monoisotopic (exact) mass is 261 g/mol. The van der Waals surface area contributed by atoms with Crippen molar-refractivity contribution in [3.05, 3.63) is 59.7 Å². The number of pyridine rings is 1. The smallest absolute Gasteiger partial charge is 0.141 e. The first-order valence-electron chi connectivity index (χ1n) is 6.23. The van der Waals surface area contributed by atoms with Crippen LogP contribution in [-0.2, 0) is 0 Å². The molecule has 0 aliphatic rings. The van der Waals surface area contributed by atoms with Crippen LogP contribution in [0, 0.1) is 5.82 Å². The highest BCUT2D eigenvalue weighted by molar-refractivity contribution is 5.32. The lowest BCUT2D eigenvalue weighted by Gasteiger charge is -2.11. The molecule has 0 spiro atoms. The predicted molar refractivity (Wildman–Crippen MR) is 70.5 cm³/mol. The summed E-state index contributed by atoms with van der Waals surface area (Å²) in [6, 6.07) is 9.92. The van der Waals surface area contributed by atoms with Crippen LogP contribution in [0.4, 0.5) is 4.39 Å². The number of rotatable bonds is 5. The van der Waals surface area contributed by atoms with Crippen LogP contribution in [0.1, 0.15) is 30.7 Å². The number of aliphatic hydroxyl groups excluding tert-OH is 1. The van der Waals surface area contributed by atoms with E-state index in [0.29, 0.717) is 17.9 Å². The van der Waals surface area contributed by atoms with E-state index in [9.17, 15) is 9.50 Å². The lowest BCUT2D eigenvalue weighted by atomic mass is 10.1. The van der Waals surface area contributed by atoms with Gasteiger partial charge in [0.1, 0.15) is 17.7 Å². The summed E-state index contributed by atoms with van der Waals surface area (Å²) in [7, 11) is 0. The molecule has 1 heterocycles. The summed E-state index contributed by atoms with van der Waals surface area (Å²) in [4.78, 5) is 3.87. The zero-order valence-electron chi connectivity index (χ0n) is 10.7. The molecule has 1 aromatic heterocycles. The zero-order chi connectivity index (χ0) is 13.7. The van der Waals surface area contributed by atoms with Crippen LogP contribution in [0.15, 0.2) is 42.6 Å². The second-order valence-corrected chi connectivity index (χ2v) is 4.22. The maximum Gasteiger partial charge on any atom is 0.141 e. The van der Waals surface area contributed by atoms with Crippen molar-refractivity contribution in [3.63, 3.8) is 0 Å². The number of hydrogen-bond donors (Lipinski definition) is 1. The molecule has 0 fully saturated rings. The third-order valence-corrected chi connectivity index (χ3v) is 2.70. The molecule has 0 aliphatic heterocycles. The Morgan fingerprint density at radius 3 is 2.53 bits per heavy atom. The predicted octanol–water partition coefficient (Wildman–Crippen LogP) is 3.09. The Kier molecular flexibility index (Phi) is 4.47. The first-order valence-corrected chi connectivity index (χ1v) is 6.23. The molecule has 0 saturated carbocycles. The molecule has 4 heteroatoms. The highest BCUT2D eigenvalue weighted by Gasteiger charge is 2.11. The minimum Gasteiger partial charge on any atom is -0.494 e. The average Bonchev–Trinajstić information content (AvgIpc) is 2.46. The first kappa shape index (κ1) is 13.5. The highest BCUT2D eigenvalue weighted by atomic mass is 19.1. The van der Waals surface area contributed by atoms with E-state index < -0.39 is 11.9 Å². The van der Waals surface area contributed by atoms with Gasteiger partial charge in [0.15, 0.2) is 0 Å². The molecule has 1 N–H and O–H groups in total. The number of halogens is 1. The summed E-state index contributed by atoms with van der Waals surface area (Å²) in [5.74, 6) is 0.351. The van der Waals surface area contributed by atoms with E-state index in [4.69, 9.17) is 4.74 Å². The Bertz CT molecular complexity index is 511. The topological polar surface area (TPSA) is 42.4 Å². The van der Waals surface area contributed by atoms with Gasteiger partial charge in [-0.25, -0.2) is 4.39 Å². The van der Waals surface area contributed by atoms with E-state index in [1.54, 1.807) is 24.3 Å². The molecule has 1 unspecified atom stereocenters. The molecule has 0 amide bonds. The van der Waals surface area contributed by atoms with Gasteiger partial charge in [-0.05, 0) is 36.2 Å². The zero-order valence-corrected chi connectivity index (χ0v) is 10.7. The van der Waals surface area contributed by atoms with Crippen molar-refractivity contribution in [2.75, 3.05) is 6.61 Å². The van der Waals surface area contributed by atoms with Crippen LogP contribution in [0.25, 0.3) is 0 Å². The molecule has 1 aromatic carbocycles. The fourth-order valence-electron chi connectivity index (χ4n) is 1.69. The second kappa shape index (κ2) is 6.29. The SMILES string of the molecule is CCCOc1ccc(C(O)c2ccc(F)cn2)cc1. The minimum absolute atomic E-state index is 0.417. The molecule has 3 nitrogen and oxygen atoms in total. The third kappa shape index (κ3) is 3.51. The molecule has 0 saturated heterocycles. The van der Waals surface area contributed by atoms with E-state index in [1.165, 1.54) is 12.1 Å². The van der Waals surface area contributed by atoms with Crippen molar-refractivity contribution in [3.8, 4) is 5.75 Å². The van der Waals surface area contributed by atoms with Crippen molar-refractivity contribution in [2.24, 2.45) is 0 Å². The van der Waals surface area contributed by atoms with Crippen LogP contribution in [0.3, 0.4) is 0 Å². The van der Waals surface area contributed by atoms with Gasteiger partial charge in [0.05, 0.1) is 18.5 Å². The van der Waals surface area contributed by atoms with Gasteiger partial charge >= 0.3 is 0 Å². The largest absolute Gasteiger partial charge is 0.494 e. The molecule has 1 atom stereocenters. The maximum atomic E-state index is 12.8. The number of benzene rings is 1. The number of ether oxygens (including phenoxy) is 1. The minimum atomic E-state index is -0.860. The number of nitrogens with zero attached hydrogens (tertiary/aromatic N) is 1. The van der Waals surface area contributed by atoms with Gasteiger partial charge in [0, 0.05) is 0 Å². The Hall–Kier alpha value is -1.94. The maximum absolute atomic E-state index is 12.8. The molecule has 0 radical (unpaired) electrons. The standard InChI is InChI=1S/C15H16FNO2/c1-2-9-19-13-6-3-11(4-7-13)15(18)14-8-5-12(16)10-17-14/h3-8,10,15,18H,2,9H2,1H3. The van der Waals surface area contributed by atoms with E-state index in [0.717, 1.165) is 18.4 Å². The fourth-order valence-corrected chi connectivity index (χ4v) is 1.69. The van der Waals surface area contributed by atoms with Gasteiger partial charge in [0.2, 0.25) is 0 Å². The molecular weight excluding hydrogens is 245 g/mol. The van der Waals surface area contributed by atoms with Crippen LogP contribution < -0.4 is 4.74 Å². The van der Waals surface area contributed by atoms with Gasteiger partial charge < -0.3 is 9.84 Å². The fraction of sp³-hybridized carbons (Fsp3) is 0.267. The van der Waals surface area contributed by atoms with Gasteiger partial charge in [-0.1, -0.05) is 19.1 Å². The molecule has 100 valence electrons. The summed E-state index contributed by atoms with van der Waals surface area (Å²) >= 11 is 0. The van der Waals surface area contributed by atoms with Crippen molar-refractivity contribution in [2.45, 2.75) is 19.4 Å². The molecule has 0 aliphatic carbocycles. The van der Waals surface area contributed by atoms with E-state index >= 15 is 0 Å². The van der Waals surface area contributed by atoms with Gasteiger partial charge in [0.25, 0.3) is 0 Å². The molecule has 2 aromatic rings. The van der Waals surface area contributed by atoms with Crippen LogP contribution in [0.2, 0.25) is 0 Å². The van der Waals surface area contributed by atoms with E-state index in [-0.39, 0.29) is 0 Å². The van der Waals surface area contributed by atoms with Gasteiger partial charge in [-0.3, -0.25) is 4.98 Å². The average molecular weight is 261 g/mol. The molecule has 0 bridgehead atoms. The van der Waals surface area contributed by atoms with Crippen molar-refractivity contribution >= 4 is 0 Å². The van der Waals surface area contributed by atoms with Crippen LogP contribution in [0.5, 0.6) is 5.75 Å². The van der Waals surface area contributed by atoms with E-state index in [1.807, 2.05) is 6.92 Å². The normalized spacial score (nSPS) is 12.2.